The Morgan fingerprint density at radius 3 is 3.00 bits per heavy atom. The van der Waals surface area contributed by atoms with E-state index in [1.807, 2.05) is 12.1 Å². The van der Waals surface area contributed by atoms with Crippen molar-refractivity contribution in [1.82, 2.24) is 4.98 Å². The molecule has 0 fully saturated rings. The van der Waals surface area contributed by atoms with Gasteiger partial charge in [-0.25, -0.2) is 4.98 Å². The quantitative estimate of drug-likeness (QED) is 0.712. The SMILES string of the molecule is COc1cccc(C[C@@H](N)CCO)n1. The minimum atomic E-state index is -0.0420. The monoisotopic (exact) mass is 196 g/mol. The molecule has 3 N–H and O–H groups in total. The number of aromatic nitrogens is 1. The molecule has 1 atom stereocenters. The van der Waals surface area contributed by atoms with Gasteiger partial charge in [-0.1, -0.05) is 6.07 Å². The van der Waals surface area contributed by atoms with E-state index in [2.05, 4.69) is 4.98 Å². The number of hydrogen-bond acceptors (Lipinski definition) is 4. The molecule has 0 aromatic carbocycles. The predicted molar refractivity (Wildman–Crippen MR) is 54.2 cm³/mol. The molecule has 0 aliphatic carbocycles. The highest BCUT2D eigenvalue weighted by atomic mass is 16.5. The summed E-state index contributed by atoms with van der Waals surface area (Å²) in [6.07, 6.45) is 1.26. The second-order valence-electron chi connectivity index (χ2n) is 3.15. The third kappa shape index (κ3) is 3.32. The summed E-state index contributed by atoms with van der Waals surface area (Å²) < 4.78 is 5.00. The second kappa shape index (κ2) is 5.57. The number of pyridine rings is 1. The van der Waals surface area contributed by atoms with Gasteiger partial charge in [-0.3, -0.25) is 0 Å². The Morgan fingerprint density at radius 1 is 1.57 bits per heavy atom. The molecule has 14 heavy (non-hydrogen) atoms. The fraction of sp³-hybridized carbons (Fsp3) is 0.500. The molecule has 0 radical (unpaired) electrons. The average Bonchev–Trinajstić information content (AvgIpc) is 2.18. The molecule has 0 bridgehead atoms. The molecule has 4 nitrogen and oxygen atoms in total. The second-order valence-corrected chi connectivity index (χ2v) is 3.15. The third-order valence-corrected chi connectivity index (χ3v) is 1.96. The van der Waals surface area contributed by atoms with Gasteiger partial charge in [0.2, 0.25) is 5.88 Å². The lowest BCUT2D eigenvalue weighted by Gasteiger charge is -2.09. The number of nitrogens with two attached hydrogens (primary N) is 1. The summed E-state index contributed by atoms with van der Waals surface area (Å²) in [5.41, 5.74) is 6.66. The maximum absolute atomic E-state index is 8.69. The van der Waals surface area contributed by atoms with E-state index < -0.39 is 0 Å². The highest BCUT2D eigenvalue weighted by molar-refractivity contribution is 5.16. The first-order chi connectivity index (χ1) is 6.76. The zero-order valence-electron chi connectivity index (χ0n) is 8.31. The number of methoxy groups -OCH3 is 1. The predicted octanol–water partition coefficient (Wildman–Crippen LogP) is 0.342. The Balaban J connectivity index is 2.57. The fourth-order valence-corrected chi connectivity index (χ4v) is 1.22. The van der Waals surface area contributed by atoms with E-state index in [4.69, 9.17) is 15.6 Å². The van der Waals surface area contributed by atoms with Crippen LogP contribution in [0.15, 0.2) is 18.2 Å². The molecule has 0 amide bonds. The molecule has 1 aromatic heterocycles. The lowest BCUT2D eigenvalue weighted by atomic mass is 10.1. The number of aliphatic hydroxyl groups excluding tert-OH is 1. The summed E-state index contributed by atoms with van der Waals surface area (Å²) in [5, 5.41) is 8.69. The van der Waals surface area contributed by atoms with E-state index in [9.17, 15) is 0 Å². The number of ether oxygens (including phenoxy) is 1. The first-order valence-electron chi connectivity index (χ1n) is 4.62. The fourth-order valence-electron chi connectivity index (χ4n) is 1.22. The Labute approximate surface area is 83.7 Å². The van der Waals surface area contributed by atoms with Crippen molar-refractivity contribution in [3.05, 3.63) is 23.9 Å². The summed E-state index contributed by atoms with van der Waals surface area (Å²) in [6, 6.07) is 5.54. The van der Waals surface area contributed by atoms with Gasteiger partial charge in [0, 0.05) is 30.8 Å². The summed E-state index contributed by atoms with van der Waals surface area (Å²) >= 11 is 0. The molecule has 0 saturated heterocycles. The Bertz CT molecular complexity index is 279. The van der Waals surface area contributed by atoms with E-state index in [0.29, 0.717) is 18.7 Å². The van der Waals surface area contributed by atoms with Crippen LogP contribution in [-0.4, -0.2) is 29.8 Å². The van der Waals surface area contributed by atoms with Gasteiger partial charge in [0.25, 0.3) is 0 Å². The standard InChI is InChI=1S/C10H16N2O2/c1-14-10-4-2-3-9(12-10)7-8(11)5-6-13/h2-4,8,13H,5-7,11H2,1H3/t8-/m0/s1. The van der Waals surface area contributed by atoms with Crippen molar-refractivity contribution in [2.75, 3.05) is 13.7 Å². The number of aliphatic hydroxyl groups is 1. The van der Waals surface area contributed by atoms with Crippen molar-refractivity contribution in [2.45, 2.75) is 18.9 Å². The summed E-state index contributed by atoms with van der Waals surface area (Å²) in [6.45, 7) is 0.116. The molecule has 1 rings (SSSR count). The lowest BCUT2D eigenvalue weighted by molar-refractivity contribution is 0.275. The van der Waals surface area contributed by atoms with Crippen molar-refractivity contribution in [3.63, 3.8) is 0 Å². The van der Waals surface area contributed by atoms with Gasteiger partial charge in [0.1, 0.15) is 0 Å². The highest BCUT2D eigenvalue weighted by Crippen LogP contribution is 2.08. The molecule has 0 saturated carbocycles. The van der Waals surface area contributed by atoms with Crippen LogP contribution in [0.1, 0.15) is 12.1 Å². The van der Waals surface area contributed by atoms with Gasteiger partial charge in [-0.15, -0.1) is 0 Å². The molecule has 78 valence electrons. The maximum atomic E-state index is 8.69. The van der Waals surface area contributed by atoms with Crippen LogP contribution in [-0.2, 0) is 6.42 Å². The maximum Gasteiger partial charge on any atom is 0.213 e. The Hall–Kier alpha value is -1.13. The first kappa shape index (κ1) is 10.9. The van der Waals surface area contributed by atoms with Crippen molar-refractivity contribution in [2.24, 2.45) is 5.73 Å². The van der Waals surface area contributed by atoms with E-state index in [-0.39, 0.29) is 12.6 Å². The van der Waals surface area contributed by atoms with Crippen molar-refractivity contribution >= 4 is 0 Å². The van der Waals surface area contributed by atoms with Gasteiger partial charge < -0.3 is 15.6 Å². The van der Waals surface area contributed by atoms with Crippen LogP contribution in [0.2, 0.25) is 0 Å². The summed E-state index contributed by atoms with van der Waals surface area (Å²) in [4.78, 5) is 4.23. The summed E-state index contributed by atoms with van der Waals surface area (Å²) in [7, 11) is 1.58. The lowest BCUT2D eigenvalue weighted by Crippen LogP contribution is -2.24. The van der Waals surface area contributed by atoms with E-state index in [0.717, 1.165) is 5.69 Å². The van der Waals surface area contributed by atoms with Crippen LogP contribution in [0.5, 0.6) is 5.88 Å². The molecule has 1 heterocycles. The molecule has 4 heteroatoms. The average molecular weight is 196 g/mol. The van der Waals surface area contributed by atoms with Crippen LogP contribution in [0.25, 0.3) is 0 Å². The zero-order valence-corrected chi connectivity index (χ0v) is 8.31. The first-order valence-corrected chi connectivity index (χ1v) is 4.62. The summed E-state index contributed by atoms with van der Waals surface area (Å²) in [5.74, 6) is 0.596. The van der Waals surface area contributed by atoms with Gasteiger partial charge in [0.15, 0.2) is 0 Å². The third-order valence-electron chi connectivity index (χ3n) is 1.96. The van der Waals surface area contributed by atoms with Crippen molar-refractivity contribution < 1.29 is 9.84 Å². The number of nitrogens with zero attached hydrogens (tertiary/aromatic N) is 1. The molecule has 1 aromatic rings. The molecular formula is C10H16N2O2. The normalized spacial score (nSPS) is 12.5. The van der Waals surface area contributed by atoms with E-state index >= 15 is 0 Å². The minimum absolute atomic E-state index is 0.0420. The van der Waals surface area contributed by atoms with Crippen LogP contribution < -0.4 is 10.5 Å². The number of rotatable bonds is 5. The zero-order chi connectivity index (χ0) is 10.4. The smallest absolute Gasteiger partial charge is 0.213 e. The Morgan fingerprint density at radius 2 is 2.36 bits per heavy atom. The van der Waals surface area contributed by atoms with Crippen molar-refractivity contribution in [1.29, 1.82) is 0 Å². The molecule has 0 aliphatic rings. The van der Waals surface area contributed by atoms with E-state index in [1.165, 1.54) is 0 Å². The molecule has 0 spiro atoms. The largest absolute Gasteiger partial charge is 0.481 e. The van der Waals surface area contributed by atoms with Crippen LogP contribution in [0.3, 0.4) is 0 Å². The van der Waals surface area contributed by atoms with E-state index in [1.54, 1.807) is 13.2 Å². The molecule has 0 unspecified atom stereocenters. The minimum Gasteiger partial charge on any atom is -0.481 e. The molecule has 0 aliphatic heterocycles. The van der Waals surface area contributed by atoms with Gasteiger partial charge >= 0.3 is 0 Å². The topological polar surface area (TPSA) is 68.4 Å². The van der Waals surface area contributed by atoms with Gasteiger partial charge in [0.05, 0.1) is 7.11 Å². The van der Waals surface area contributed by atoms with Crippen LogP contribution in [0.4, 0.5) is 0 Å². The molecular weight excluding hydrogens is 180 g/mol. The Kier molecular flexibility index (Phi) is 4.35. The van der Waals surface area contributed by atoms with Crippen molar-refractivity contribution in [3.8, 4) is 5.88 Å². The van der Waals surface area contributed by atoms with Gasteiger partial charge in [-0.2, -0.15) is 0 Å². The van der Waals surface area contributed by atoms with Gasteiger partial charge in [-0.05, 0) is 12.5 Å². The van der Waals surface area contributed by atoms with Crippen LogP contribution >= 0.6 is 0 Å². The number of hydrogen-bond donors (Lipinski definition) is 2. The van der Waals surface area contributed by atoms with Crippen LogP contribution in [0, 0.1) is 0 Å². The highest BCUT2D eigenvalue weighted by Gasteiger charge is 2.05.